The van der Waals surface area contributed by atoms with E-state index in [1.807, 2.05) is 0 Å². The number of rotatable bonds is 6. The molecule has 2 aromatic rings. The van der Waals surface area contributed by atoms with Gasteiger partial charge in [-0.3, -0.25) is 9.78 Å². The van der Waals surface area contributed by atoms with Gasteiger partial charge in [0.2, 0.25) is 5.91 Å². The van der Waals surface area contributed by atoms with E-state index in [1.165, 1.54) is 25.3 Å². The summed E-state index contributed by atoms with van der Waals surface area (Å²) in [6, 6.07) is 6.92. The van der Waals surface area contributed by atoms with Gasteiger partial charge < -0.3 is 25.0 Å². The minimum atomic E-state index is -0.535. The van der Waals surface area contributed by atoms with Crippen LogP contribution in [0.15, 0.2) is 36.5 Å². The first-order chi connectivity index (χ1) is 14.4. The SMILES string of the molecule is COCc1ccc(NC(=O)Nc2cc(F)cc(OC3CCCN(C(C)=O)C3)c2)cn1. The lowest BCUT2D eigenvalue weighted by Gasteiger charge is -2.32. The summed E-state index contributed by atoms with van der Waals surface area (Å²) in [6.07, 6.45) is 2.89. The van der Waals surface area contributed by atoms with Crippen molar-refractivity contribution in [2.45, 2.75) is 32.5 Å². The monoisotopic (exact) mass is 416 g/mol. The molecule has 2 heterocycles. The van der Waals surface area contributed by atoms with Gasteiger partial charge in [-0.2, -0.15) is 0 Å². The molecule has 0 aliphatic carbocycles. The Bertz CT molecular complexity index is 891. The number of anilines is 2. The predicted molar refractivity (Wildman–Crippen MR) is 110 cm³/mol. The van der Waals surface area contributed by atoms with Gasteiger partial charge in [0, 0.05) is 38.4 Å². The number of nitrogens with one attached hydrogen (secondary N) is 2. The number of ether oxygens (including phenoxy) is 2. The molecule has 1 aliphatic rings. The smallest absolute Gasteiger partial charge is 0.323 e. The highest BCUT2D eigenvalue weighted by atomic mass is 19.1. The molecule has 2 N–H and O–H groups in total. The molecule has 1 aromatic heterocycles. The number of halogens is 1. The summed E-state index contributed by atoms with van der Waals surface area (Å²) in [6.45, 7) is 3.06. The summed E-state index contributed by atoms with van der Waals surface area (Å²) in [5.41, 5.74) is 1.49. The Morgan fingerprint density at radius 1 is 1.23 bits per heavy atom. The predicted octanol–water partition coefficient (Wildman–Crippen LogP) is 3.40. The van der Waals surface area contributed by atoms with Crippen LogP contribution in [0.5, 0.6) is 5.75 Å². The van der Waals surface area contributed by atoms with Crippen LogP contribution < -0.4 is 15.4 Å². The quantitative estimate of drug-likeness (QED) is 0.753. The van der Waals surface area contributed by atoms with Gasteiger partial charge in [-0.05, 0) is 31.0 Å². The van der Waals surface area contributed by atoms with Crippen molar-refractivity contribution in [3.8, 4) is 5.75 Å². The van der Waals surface area contributed by atoms with Crippen LogP contribution in [-0.4, -0.2) is 48.1 Å². The van der Waals surface area contributed by atoms with Gasteiger partial charge in [0.05, 0.1) is 30.7 Å². The van der Waals surface area contributed by atoms with Crippen LogP contribution in [0.3, 0.4) is 0 Å². The van der Waals surface area contributed by atoms with Crippen molar-refractivity contribution >= 4 is 23.3 Å². The molecule has 160 valence electrons. The van der Waals surface area contributed by atoms with Crippen molar-refractivity contribution in [1.29, 1.82) is 0 Å². The number of hydrogen-bond acceptors (Lipinski definition) is 5. The zero-order chi connectivity index (χ0) is 21.5. The van der Waals surface area contributed by atoms with Gasteiger partial charge in [0.25, 0.3) is 0 Å². The van der Waals surface area contributed by atoms with Crippen LogP contribution in [0.2, 0.25) is 0 Å². The molecule has 1 saturated heterocycles. The molecular weight excluding hydrogens is 391 g/mol. The van der Waals surface area contributed by atoms with E-state index in [9.17, 15) is 14.0 Å². The highest BCUT2D eigenvalue weighted by molar-refractivity contribution is 5.99. The van der Waals surface area contributed by atoms with Crippen molar-refractivity contribution in [3.05, 3.63) is 48.0 Å². The number of urea groups is 1. The molecule has 8 nitrogen and oxygen atoms in total. The number of likely N-dealkylation sites (tertiary alicyclic amines) is 1. The molecule has 0 radical (unpaired) electrons. The van der Waals surface area contributed by atoms with E-state index in [4.69, 9.17) is 9.47 Å². The maximum absolute atomic E-state index is 14.0. The highest BCUT2D eigenvalue weighted by Gasteiger charge is 2.23. The lowest BCUT2D eigenvalue weighted by Crippen LogP contribution is -2.43. The van der Waals surface area contributed by atoms with Crippen LogP contribution in [0, 0.1) is 5.82 Å². The topological polar surface area (TPSA) is 92.8 Å². The van der Waals surface area contributed by atoms with Crippen molar-refractivity contribution in [3.63, 3.8) is 0 Å². The fraction of sp³-hybridized carbons (Fsp3) is 0.381. The first kappa shape index (κ1) is 21.5. The Kier molecular flexibility index (Phi) is 7.18. The van der Waals surface area contributed by atoms with E-state index in [1.54, 1.807) is 30.2 Å². The summed E-state index contributed by atoms with van der Waals surface area (Å²) in [7, 11) is 1.58. The second kappa shape index (κ2) is 10.0. The number of carbonyl (C=O) groups excluding carboxylic acids is 2. The van der Waals surface area contributed by atoms with Crippen LogP contribution in [-0.2, 0) is 16.1 Å². The van der Waals surface area contributed by atoms with Crippen molar-refractivity contribution in [1.82, 2.24) is 9.88 Å². The van der Waals surface area contributed by atoms with Gasteiger partial charge in [0.15, 0.2) is 0 Å². The number of aromatic nitrogens is 1. The summed E-state index contributed by atoms with van der Waals surface area (Å²) in [5, 5.41) is 5.23. The first-order valence-electron chi connectivity index (χ1n) is 9.67. The number of pyridine rings is 1. The highest BCUT2D eigenvalue weighted by Crippen LogP contribution is 2.24. The summed E-state index contributed by atoms with van der Waals surface area (Å²) < 4.78 is 24.9. The number of amides is 3. The second-order valence-corrected chi connectivity index (χ2v) is 7.07. The number of carbonyl (C=O) groups is 2. The molecule has 3 amide bonds. The lowest BCUT2D eigenvalue weighted by atomic mass is 10.1. The molecule has 0 bridgehead atoms. The third kappa shape index (κ3) is 6.15. The van der Waals surface area contributed by atoms with Gasteiger partial charge in [-0.25, -0.2) is 9.18 Å². The molecule has 0 spiro atoms. The molecule has 30 heavy (non-hydrogen) atoms. The average molecular weight is 416 g/mol. The molecule has 1 atom stereocenters. The molecular formula is C21H25FN4O4. The van der Waals surface area contributed by atoms with E-state index in [-0.39, 0.29) is 17.7 Å². The molecule has 1 fully saturated rings. The van der Waals surface area contributed by atoms with Crippen LogP contribution in [0.1, 0.15) is 25.5 Å². The van der Waals surface area contributed by atoms with Gasteiger partial charge in [-0.1, -0.05) is 0 Å². The number of nitrogens with zero attached hydrogens (tertiary/aromatic N) is 2. The van der Waals surface area contributed by atoms with E-state index in [0.29, 0.717) is 31.1 Å². The molecule has 3 rings (SSSR count). The van der Waals surface area contributed by atoms with E-state index >= 15 is 0 Å². The summed E-state index contributed by atoms with van der Waals surface area (Å²) >= 11 is 0. The van der Waals surface area contributed by atoms with Gasteiger partial charge in [-0.15, -0.1) is 0 Å². The molecule has 1 aromatic carbocycles. The lowest BCUT2D eigenvalue weighted by molar-refractivity contribution is -0.131. The Labute approximate surface area is 174 Å². The van der Waals surface area contributed by atoms with Gasteiger partial charge in [0.1, 0.15) is 17.7 Å². The second-order valence-electron chi connectivity index (χ2n) is 7.07. The normalized spacial score (nSPS) is 16.1. The number of piperidine rings is 1. The van der Waals surface area contributed by atoms with E-state index in [0.717, 1.165) is 18.5 Å². The minimum Gasteiger partial charge on any atom is -0.488 e. The molecule has 0 saturated carbocycles. The standard InChI is InChI=1S/C21H25FN4O4/c1-14(27)26-7-3-4-19(12-26)30-20-9-15(22)8-18(10-20)25-21(28)24-16-5-6-17(13-29-2)23-11-16/h5-6,8-11,19H,3-4,7,12-13H2,1-2H3,(H2,24,25,28). The maximum Gasteiger partial charge on any atom is 0.323 e. The minimum absolute atomic E-state index is 0.00804. The molecule has 1 aliphatic heterocycles. The average Bonchev–Trinajstić information content (AvgIpc) is 2.69. The fourth-order valence-electron chi connectivity index (χ4n) is 3.24. The maximum atomic E-state index is 14.0. The van der Waals surface area contributed by atoms with Crippen LogP contribution in [0.25, 0.3) is 0 Å². The van der Waals surface area contributed by atoms with E-state index < -0.39 is 11.8 Å². The largest absolute Gasteiger partial charge is 0.488 e. The zero-order valence-corrected chi connectivity index (χ0v) is 17.0. The summed E-state index contributed by atoms with van der Waals surface area (Å²) in [4.78, 5) is 29.7. The number of hydrogen-bond donors (Lipinski definition) is 2. The van der Waals surface area contributed by atoms with Gasteiger partial charge >= 0.3 is 6.03 Å². The number of benzene rings is 1. The zero-order valence-electron chi connectivity index (χ0n) is 17.0. The molecule has 9 heteroatoms. The third-order valence-electron chi connectivity index (χ3n) is 4.63. The molecule has 1 unspecified atom stereocenters. The Hall–Kier alpha value is -3.20. The third-order valence-corrected chi connectivity index (χ3v) is 4.63. The first-order valence-corrected chi connectivity index (χ1v) is 9.67. The Balaban J connectivity index is 1.60. The number of methoxy groups -OCH3 is 1. The van der Waals surface area contributed by atoms with Crippen molar-refractivity contribution in [2.75, 3.05) is 30.8 Å². The van der Waals surface area contributed by atoms with Crippen LogP contribution in [0.4, 0.5) is 20.6 Å². The van der Waals surface area contributed by atoms with Crippen molar-refractivity contribution < 1.29 is 23.5 Å². The summed E-state index contributed by atoms with van der Waals surface area (Å²) in [5.74, 6) is -0.245. The fourth-order valence-corrected chi connectivity index (χ4v) is 3.24. The van der Waals surface area contributed by atoms with Crippen LogP contribution >= 0.6 is 0 Å². The van der Waals surface area contributed by atoms with Crippen molar-refractivity contribution in [2.24, 2.45) is 0 Å². The van der Waals surface area contributed by atoms with E-state index in [2.05, 4.69) is 15.6 Å². The Morgan fingerprint density at radius 3 is 2.73 bits per heavy atom. The Morgan fingerprint density at radius 2 is 2.03 bits per heavy atom.